The van der Waals surface area contributed by atoms with Crippen LogP contribution in [0.15, 0.2) is 42.7 Å². The Labute approximate surface area is 131 Å². The number of nitrogens with one attached hydrogen (secondary N) is 1. The van der Waals surface area contributed by atoms with Gasteiger partial charge in [-0.3, -0.25) is 9.78 Å². The summed E-state index contributed by atoms with van der Waals surface area (Å²) in [6, 6.07) is 10.1. The van der Waals surface area contributed by atoms with Crippen LogP contribution in [0.3, 0.4) is 0 Å². The highest BCUT2D eigenvalue weighted by Gasteiger charge is 2.14. The van der Waals surface area contributed by atoms with Gasteiger partial charge in [0.25, 0.3) is 5.91 Å². The van der Waals surface area contributed by atoms with Gasteiger partial charge in [0, 0.05) is 25.8 Å². The van der Waals surface area contributed by atoms with E-state index < -0.39 is 0 Å². The van der Waals surface area contributed by atoms with Gasteiger partial charge in [-0.2, -0.15) is 0 Å². The van der Waals surface area contributed by atoms with E-state index >= 15 is 0 Å². The predicted molar refractivity (Wildman–Crippen MR) is 88.0 cm³/mol. The molecule has 2 heterocycles. The number of benzene rings is 1. The molecule has 1 amide bonds. The van der Waals surface area contributed by atoms with Crippen molar-refractivity contribution in [1.29, 1.82) is 0 Å². The normalized spacial score (nSPS) is 14.1. The van der Waals surface area contributed by atoms with Crippen LogP contribution in [0.25, 0.3) is 0 Å². The van der Waals surface area contributed by atoms with E-state index in [1.54, 1.807) is 6.20 Å². The van der Waals surface area contributed by atoms with Gasteiger partial charge in [0.2, 0.25) is 0 Å². The van der Waals surface area contributed by atoms with Gasteiger partial charge in [-0.15, -0.1) is 0 Å². The van der Waals surface area contributed by atoms with E-state index in [2.05, 4.69) is 34.3 Å². The van der Waals surface area contributed by atoms with Crippen molar-refractivity contribution in [1.82, 2.24) is 10.3 Å². The molecule has 2 aromatic rings. The second-order valence-corrected chi connectivity index (χ2v) is 5.80. The highest BCUT2D eigenvalue weighted by molar-refractivity contribution is 5.94. The summed E-state index contributed by atoms with van der Waals surface area (Å²) in [6.07, 6.45) is 5.89. The SMILES string of the molecule is Cc1cccc(CNC(=O)c2cncc(N3CCCC3)c2)c1. The molecule has 22 heavy (non-hydrogen) atoms. The van der Waals surface area contributed by atoms with Crippen molar-refractivity contribution in [2.24, 2.45) is 0 Å². The lowest BCUT2D eigenvalue weighted by Crippen LogP contribution is -2.24. The first-order chi connectivity index (χ1) is 10.7. The highest BCUT2D eigenvalue weighted by atomic mass is 16.1. The summed E-state index contributed by atoms with van der Waals surface area (Å²) in [7, 11) is 0. The number of anilines is 1. The van der Waals surface area contributed by atoms with E-state index in [0.717, 1.165) is 24.3 Å². The van der Waals surface area contributed by atoms with Crippen LogP contribution in [-0.2, 0) is 6.54 Å². The molecule has 0 spiro atoms. The lowest BCUT2D eigenvalue weighted by molar-refractivity contribution is 0.0950. The second kappa shape index (κ2) is 6.60. The maximum absolute atomic E-state index is 12.3. The summed E-state index contributed by atoms with van der Waals surface area (Å²) in [5.74, 6) is -0.0740. The summed E-state index contributed by atoms with van der Waals surface area (Å²) >= 11 is 0. The fourth-order valence-electron chi connectivity index (χ4n) is 2.81. The zero-order chi connectivity index (χ0) is 15.4. The Morgan fingerprint density at radius 2 is 2.05 bits per heavy atom. The molecule has 0 aliphatic carbocycles. The van der Waals surface area contributed by atoms with E-state index in [4.69, 9.17) is 0 Å². The number of rotatable bonds is 4. The van der Waals surface area contributed by atoms with Crippen molar-refractivity contribution in [3.05, 3.63) is 59.4 Å². The summed E-state index contributed by atoms with van der Waals surface area (Å²) in [4.78, 5) is 18.8. The maximum atomic E-state index is 12.3. The monoisotopic (exact) mass is 295 g/mol. The van der Waals surface area contributed by atoms with Crippen molar-refractivity contribution in [2.75, 3.05) is 18.0 Å². The predicted octanol–water partition coefficient (Wildman–Crippen LogP) is 2.92. The largest absolute Gasteiger partial charge is 0.370 e. The number of carbonyl (C=O) groups excluding carboxylic acids is 1. The Hall–Kier alpha value is -2.36. The zero-order valence-electron chi connectivity index (χ0n) is 12.9. The van der Waals surface area contributed by atoms with E-state index in [-0.39, 0.29) is 5.91 Å². The molecule has 1 aromatic heterocycles. The van der Waals surface area contributed by atoms with E-state index in [9.17, 15) is 4.79 Å². The van der Waals surface area contributed by atoms with Gasteiger partial charge in [-0.05, 0) is 31.4 Å². The van der Waals surface area contributed by atoms with Crippen LogP contribution < -0.4 is 10.2 Å². The first-order valence-electron chi connectivity index (χ1n) is 7.76. The zero-order valence-corrected chi connectivity index (χ0v) is 12.9. The molecule has 1 fully saturated rings. The molecule has 4 heteroatoms. The number of hydrogen-bond donors (Lipinski definition) is 1. The third-order valence-electron chi connectivity index (χ3n) is 3.99. The van der Waals surface area contributed by atoms with Crippen LogP contribution in [0.2, 0.25) is 0 Å². The minimum absolute atomic E-state index is 0.0740. The Morgan fingerprint density at radius 1 is 1.23 bits per heavy atom. The number of pyridine rings is 1. The van der Waals surface area contributed by atoms with Crippen LogP contribution in [0.1, 0.15) is 34.3 Å². The first-order valence-corrected chi connectivity index (χ1v) is 7.76. The summed E-state index contributed by atoms with van der Waals surface area (Å²) in [6.45, 7) is 4.69. The maximum Gasteiger partial charge on any atom is 0.253 e. The number of aromatic nitrogens is 1. The van der Waals surface area contributed by atoms with Gasteiger partial charge >= 0.3 is 0 Å². The number of nitrogens with zero attached hydrogens (tertiary/aromatic N) is 2. The van der Waals surface area contributed by atoms with Crippen LogP contribution in [-0.4, -0.2) is 24.0 Å². The molecule has 4 nitrogen and oxygen atoms in total. The van der Waals surface area contributed by atoms with Gasteiger partial charge in [0.15, 0.2) is 0 Å². The number of aryl methyl sites for hydroxylation is 1. The molecule has 3 rings (SSSR count). The third kappa shape index (κ3) is 3.45. The van der Waals surface area contributed by atoms with Gasteiger partial charge in [-0.25, -0.2) is 0 Å². The Bertz CT molecular complexity index is 663. The number of carbonyl (C=O) groups is 1. The van der Waals surface area contributed by atoms with Gasteiger partial charge in [0.05, 0.1) is 17.4 Å². The van der Waals surface area contributed by atoms with Crippen molar-refractivity contribution >= 4 is 11.6 Å². The van der Waals surface area contributed by atoms with E-state index in [1.807, 2.05) is 24.4 Å². The second-order valence-electron chi connectivity index (χ2n) is 5.80. The average molecular weight is 295 g/mol. The molecule has 0 atom stereocenters. The minimum Gasteiger partial charge on any atom is -0.370 e. The molecule has 1 saturated heterocycles. The minimum atomic E-state index is -0.0740. The molecular formula is C18H21N3O. The Balaban J connectivity index is 1.65. The Morgan fingerprint density at radius 3 is 2.82 bits per heavy atom. The van der Waals surface area contributed by atoms with Crippen LogP contribution >= 0.6 is 0 Å². The van der Waals surface area contributed by atoms with Crippen molar-refractivity contribution in [2.45, 2.75) is 26.3 Å². The van der Waals surface area contributed by atoms with Gasteiger partial charge < -0.3 is 10.2 Å². The van der Waals surface area contributed by atoms with E-state index in [1.165, 1.54) is 18.4 Å². The van der Waals surface area contributed by atoms with Crippen molar-refractivity contribution in [3.63, 3.8) is 0 Å². The first kappa shape index (κ1) is 14.6. The quantitative estimate of drug-likeness (QED) is 0.943. The Kier molecular flexibility index (Phi) is 4.37. The van der Waals surface area contributed by atoms with Gasteiger partial charge in [-0.1, -0.05) is 29.8 Å². The van der Waals surface area contributed by atoms with Crippen LogP contribution in [0, 0.1) is 6.92 Å². The third-order valence-corrected chi connectivity index (χ3v) is 3.99. The van der Waals surface area contributed by atoms with Crippen molar-refractivity contribution in [3.8, 4) is 0 Å². The average Bonchev–Trinajstić information content (AvgIpc) is 3.07. The number of hydrogen-bond acceptors (Lipinski definition) is 3. The molecule has 1 aliphatic heterocycles. The number of amides is 1. The standard InChI is InChI=1S/C18H21N3O/c1-14-5-4-6-15(9-14)11-20-18(22)16-10-17(13-19-12-16)21-7-2-3-8-21/h4-6,9-10,12-13H,2-3,7-8,11H2,1H3,(H,20,22). The van der Waals surface area contributed by atoms with E-state index in [0.29, 0.717) is 12.1 Å². The lowest BCUT2D eigenvalue weighted by Gasteiger charge is -2.17. The molecular weight excluding hydrogens is 274 g/mol. The topological polar surface area (TPSA) is 45.2 Å². The molecule has 1 aromatic carbocycles. The summed E-state index contributed by atoms with van der Waals surface area (Å²) in [5.41, 5.74) is 3.97. The fourth-order valence-corrected chi connectivity index (χ4v) is 2.81. The van der Waals surface area contributed by atoms with Crippen LogP contribution in [0.5, 0.6) is 0 Å². The molecule has 0 saturated carbocycles. The smallest absolute Gasteiger partial charge is 0.253 e. The molecule has 0 bridgehead atoms. The van der Waals surface area contributed by atoms with Crippen molar-refractivity contribution < 1.29 is 4.79 Å². The highest BCUT2D eigenvalue weighted by Crippen LogP contribution is 2.20. The molecule has 114 valence electrons. The molecule has 0 unspecified atom stereocenters. The summed E-state index contributed by atoms with van der Waals surface area (Å²) in [5, 5.41) is 2.96. The fraction of sp³-hybridized carbons (Fsp3) is 0.333. The summed E-state index contributed by atoms with van der Waals surface area (Å²) < 4.78 is 0. The van der Waals surface area contributed by atoms with Gasteiger partial charge in [0.1, 0.15) is 0 Å². The lowest BCUT2D eigenvalue weighted by atomic mass is 10.1. The molecule has 1 N–H and O–H groups in total. The molecule has 1 aliphatic rings. The molecule has 0 radical (unpaired) electrons. The van der Waals surface area contributed by atoms with Crippen LogP contribution in [0.4, 0.5) is 5.69 Å².